The van der Waals surface area contributed by atoms with Gasteiger partial charge in [-0.05, 0) is 42.5 Å². The first-order chi connectivity index (χ1) is 28.5. The molecule has 0 amide bonds. The van der Waals surface area contributed by atoms with Gasteiger partial charge in [-0.2, -0.15) is 35.1 Å². The first-order valence-electron chi connectivity index (χ1n) is 18.0. The maximum atomic E-state index is 13.8. The largest absolute Gasteiger partial charge is 0.487 e. The molecule has 5 rings (SSSR count). The van der Waals surface area contributed by atoms with E-state index in [0.29, 0.717) is 19.0 Å². The smallest absolute Gasteiger partial charge is 0.433 e. The molecular weight excluding hydrogens is 864 g/mol. The number of hydrogen-bond donors (Lipinski definition) is 1. The average molecular weight is 901 g/mol. The van der Waals surface area contributed by atoms with Crippen molar-refractivity contribution in [3.05, 3.63) is 63.7 Å². The molecule has 3 aromatic rings. The van der Waals surface area contributed by atoms with E-state index in [2.05, 4.69) is 14.7 Å². The van der Waals surface area contributed by atoms with Gasteiger partial charge in [-0.25, -0.2) is 9.97 Å². The lowest BCUT2D eigenvalue weighted by molar-refractivity contribution is -0.376. The molecule has 1 N–H and O–H groups in total. The summed E-state index contributed by atoms with van der Waals surface area (Å²) >= 11 is -0.0867. The van der Waals surface area contributed by atoms with Gasteiger partial charge in [0.2, 0.25) is 18.3 Å². The van der Waals surface area contributed by atoms with Gasteiger partial charge in [0.15, 0.2) is 23.7 Å². The zero-order chi connectivity index (χ0) is 45.0. The fourth-order valence-electron chi connectivity index (χ4n) is 6.03. The number of benzene rings is 1. The van der Waals surface area contributed by atoms with E-state index in [1.807, 2.05) is 0 Å². The van der Waals surface area contributed by atoms with E-state index in [1.165, 1.54) is 30.5 Å². The molecule has 1 saturated carbocycles. The Morgan fingerprint density at radius 2 is 1.43 bits per heavy atom. The summed E-state index contributed by atoms with van der Waals surface area (Å²) < 4.78 is 153. The first-order valence-corrected chi connectivity index (χ1v) is 18.8. The third-order valence-electron chi connectivity index (χ3n) is 8.82. The number of alkyl halides is 8. The number of esters is 4. The molecule has 1 saturated heterocycles. The highest BCUT2D eigenvalue weighted by molar-refractivity contribution is 7.11. The minimum Gasteiger partial charge on any atom is -0.487 e. The van der Waals surface area contributed by atoms with Gasteiger partial charge >= 0.3 is 48.4 Å². The minimum atomic E-state index is -6.23. The number of nitrogens with zero attached hydrogens (tertiary/aromatic N) is 2. The molecule has 0 radical (unpaired) electrons. The number of halogens is 8. The van der Waals surface area contributed by atoms with E-state index in [1.54, 1.807) is 0 Å². The lowest BCUT2D eigenvalue weighted by atomic mass is 9.91. The molecule has 334 valence electrons. The monoisotopic (exact) mass is 900 g/mol. The van der Waals surface area contributed by atoms with Crippen LogP contribution in [0.5, 0.6) is 17.4 Å². The molecule has 24 heteroatoms. The topological polar surface area (TPSA) is 188 Å². The van der Waals surface area contributed by atoms with Crippen molar-refractivity contribution in [3.63, 3.8) is 0 Å². The second-order valence-electron chi connectivity index (χ2n) is 13.6. The summed E-state index contributed by atoms with van der Waals surface area (Å²) in [4.78, 5) is 55.4. The Morgan fingerprint density at radius 1 is 0.803 bits per heavy atom. The standard InChI is InChI=1S/C37H36F8N2O13S/c1-16(48)53-15-26-29(54-17(2)49)30(55-18(3)50)31(56-19(4)51)32(58-26)60-28-10-5-20(13-46-28)11-23(21-6-9-24(59-34(38)39)25(12-21)57-22-7-8-22)27-14-47-33(61-27)35(52,36(40,41)42)37(43,44)45/h5-6,9-10,12-14,22-23,26,29-32,34,52H,7-8,11,15H2,1-4H3/t23-,26+,29+,30-,31+,32-/m0/s1. The number of aliphatic hydroxyl groups is 1. The van der Waals surface area contributed by atoms with Crippen LogP contribution in [0.15, 0.2) is 42.7 Å². The lowest BCUT2D eigenvalue weighted by Gasteiger charge is -2.43. The molecule has 1 aromatic carbocycles. The molecule has 2 aromatic heterocycles. The highest BCUT2D eigenvalue weighted by Crippen LogP contribution is 2.52. The number of hydrogen-bond acceptors (Lipinski definition) is 16. The molecule has 6 atom stereocenters. The lowest BCUT2D eigenvalue weighted by Crippen LogP contribution is -2.63. The van der Waals surface area contributed by atoms with Crippen molar-refractivity contribution in [2.45, 2.75) is 114 Å². The maximum Gasteiger partial charge on any atom is 0.433 e. The van der Waals surface area contributed by atoms with Gasteiger partial charge < -0.3 is 43.0 Å². The van der Waals surface area contributed by atoms with E-state index in [-0.39, 0.29) is 57.2 Å². The number of pyridine rings is 1. The van der Waals surface area contributed by atoms with Gasteiger partial charge in [0.05, 0.1) is 6.10 Å². The van der Waals surface area contributed by atoms with Gasteiger partial charge in [0.25, 0.3) is 0 Å². The summed E-state index contributed by atoms with van der Waals surface area (Å²) in [6, 6.07) is 6.20. The third kappa shape index (κ3) is 11.5. The summed E-state index contributed by atoms with van der Waals surface area (Å²) in [5.41, 5.74) is -4.93. The van der Waals surface area contributed by atoms with Crippen LogP contribution in [0.4, 0.5) is 35.1 Å². The highest BCUT2D eigenvalue weighted by atomic mass is 32.1. The molecule has 0 unspecified atom stereocenters. The van der Waals surface area contributed by atoms with Crippen molar-refractivity contribution >= 4 is 35.2 Å². The Labute approximate surface area is 344 Å². The van der Waals surface area contributed by atoms with Crippen molar-refractivity contribution in [1.29, 1.82) is 0 Å². The number of thiazole rings is 1. The zero-order valence-corrected chi connectivity index (χ0v) is 33.0. The Kier molecular flexibility index (Phi) is 14.3. The van der Waals surface area contributed by atoms with Crippen LogP contribution in [-0.4, -0.2) is 101 Å². The van der Waals surface area contributed by atoms with Crippen LogP contribution in [0.2, 0.25) is 0 Å². The number of carbonyl (C=O) groups is 4. The Morgan fingerprint density at radius 3 is 1.97 bits per heavy atom. The zero-order valence-electron chi connectivity index (χ0n) is 32.2. The van der Waals surface area contributed by atoms with Gasteiger partial charge in [0.1, 0.15) is 17.7 Å². The number of rotatable bonds is 16. The number of aromatic nitrogens is 2. The van der Waals surface area contributed by atoms with Crippen LogP contribution < -0.4 is 14.2 Å². The summed E-state index contributed by atoms with van der Waals surface area (Å²) in [5, 5.41) is 8.33. The Bertz CT molecular complexity index is 2030. The molecule has 2 aliphatic rings. The van der Waals surface area contributed by atoms with Crippen LogP contribution in [0.25, 0.3) is 0 Å². The molecule has 1 aliphatic carbocycles. The van der Waals surface area contributed by atoms with Crippen molar-refractivity contribution < 1.29 is 97.3 Å². The maximum absolute atomic E-state index is 13.8. The summed E-state index contributed by atoms with van der Waals surface area (Å²) in [6.07, 6.45) is -17.7. The second-order valence-corrected chi connectivity index (χ2v) is 14.7. The van der Waals surface area contributed by atoms with Gasteiger partial charge in [-0.3, -0.25) is 19.2 Å². The predicted molar refractivity (Wildman–Crippen MR) is 187 cm³/mol. The van der Waals surface area contributed by atoms with E-state index in [9.17, 15) is 59.4 Å². The minimum absolute atomic E-state index is 0.0867. The summed E-state index contributed by atoms with van der Waals surface area (Å²) in [6.45, 7) is 0.307. The molecular formula is C37H36F8N2O13S. The molecule has 3 heterocycles. The van der Waals surface area contributed by atoms with Gasteiger partial charge in [0, 0.05) is 57.0 Å². The Balaban J connectivity index is 1.51. The van der Waals surface area contributed by atoms with Crippen LogP contribution >= 0.6 is 11.3 Å². The highest BCUT2D eigenvalue weighted by Gasteiger charge is 2.73. The molecule has 0 spiro atoms. The molecule has 61 heavy (non-hydrogen) atoms. The van der Waals surface area contributed by atoms with Crippen LogP contribution in [-0.2, 0) is 54.9 Å². The molecule has 0 bridgehead atoms. The van der Waals surface area contributed by atoms with E-state index >= 15 is 0 Å². The molecule has 2 fully saturated rings. The quantitative estimate of drug-likeness (QED) is 0.103. The first kappa shape index (κ1) is 46.7. The fraction of sp³-hybridized carbons (Fsp3) is 0.514. The predicted octanol–water partition coefficient (Wildman–Crippen LogP) is 5.83. The van der Waals surface area contributed by atoms with Crippen molar-refractivity contribution in [2.24, 2.45) is 0 Å². The average Bonchev–Trinajstić information content (AvgIpc) is 3.83. The number of ether oxygens (including phenoxy) is 8. The van der Waals surface area contributed by atoms with Crippen molar-refractivity contribution in [3.8, 4) is 17.4 Å². The normalized spacial score (nSPS) is 21.2. The SMILES string of the molecule is CC(=O)OC[C@H]1O[C@@H](Oc2ccc(C[C@@H](c3ccc(OC(F)F)c(OC4CC4)c3)c3cnc(C(O)(C(F)(F)F)C(F)(F)F)s3)cn2)[C@H](OC(C)=O)[C@@H](OC(C)=O)[C@@H]1OC(C)=O. The van der Waals surface area contributed by atoms with Crippen molar-refractivity contribution in [1.82, 2.24) is 9.97 Å². The number of carbonyl (C=O) groups excluding carboxylic acids is 4. The van der Waals surface area contributed by atoms with Crippen LogP contribution in [0.1, 0.15) is 67.5 Å². The van der Waals surface area contributed by atoms with Gasteiger partial charge in [-0.1, -0.05) is 12.1 Å². The summed E-state index contributed by atoms with van der Waals surface area (Å²) in [7, 11) is 0. The Hall–Kier alpha value is -5.36. The van der Waals surface area contributed by atoms with E-state index in [0.717, 1.165) is 33.8 Å². The second kappa shape index (κ2) is 18.7. The van der Waals surface area contributed by atoms with Crippen LogP contribution in [0, 0.1) is 0 Å². The fourth-order valence-corrected chi connectivity index (χ4v) is 7.21. The third-order valence-corrected chi connectivity index (χ3v) is 10.0. The van der Waals surface area contributed by atoms with E-state index in [4.69, 9.17) is 33.2 Å². The molecule has 1 aliphatic heterocycles. The summed E-state index contributed by atoms with van der Waals surface area (Å²) in [5.74, 6) is -5.44. The van der Waals surface area contributed by atoms with E-state index < -0.39 is 96.7 Å². The van der Waals surface area contributed by atoms with Crippen LogP contribution in [0.3, 0.4) is 0 Å². The van der Waals surface area contributed by atoms with Crippen molar-refractivity contribution in [2.75, 3.05) is 6.61 Å². The molecule has 15 nitrogen and oxygen atoms in total. The van der Waals surface area contributed by atoms with Gasteiger partial charge in [-0.15, -0.1) is 11.3 Å².